The second kappa shape index (κ2) is 7.10. The molecule has 0 bridgehead atoms. The van der Waals surface area contributed by atoms with Crippen LogP contribution in [0, 0.1) is 0 Å². The Morgan fingerprint density at radius 3 is 2.78 bits per heavy atom. The van der Waals surface area contributed by atoms with Crippen LogP contribution in [0.5, 0.6) is 5.75 Å². The van der Waals surface area contributed by atoms with Crippen LogP contribution in [0.25, 0.3) is 10.6 Å². The Morgan fingerprint density at radius 1 is 1.30 bits per heavy atom. The van der Waals surface area contributed by atoms with E-state index >= 15 is 0 Å². The number of rotatable bonds is 4. The lowest BCUT2D eigenvalue weighted by molar-refractivity contribution is -0.130. The number of carbonyl (C=O) groups is 1. The van der Waals surface area contributed by atoms with Gasteiger partial charge in [-0.25, -0.2) is 4.98 Å². The summed E-state index contributed by atoms with van der Waals surface area (Å²) in [5, 5.41) is 3.13. The SMILES string of the molecule is COc1cccc(-c2nc(CN3CCN(C(C)=O)CC3)cs2)c1. The fourth-order valence-corrected chi connectivity index (χ4v) is 3.53. The maximum atomic E-state index is 11.4. The topological polar surface area (TPSA) is 45.7 Å². The molecule has 5 nitrogen and oxygen atoms in total. The van der Waals surface area contributed by atoms with E-state index < -0.39 is 0 Å². The first-order valence-electron chi connectivity index (χ1n) is 7.72. The number of thiazole rings is 1. The van der Waals surface area contributed by atoms with Gasteiger partial charge in [0.15, 0.2) is 0 Å². The van der Waals surface area contributed by atoms with E-state index in [0.717, 1.165) is 54.7 Å². The maximum Gasteiger partial charge on any atom is 0.219 e. The average Bonchev–Trinajstić information content (AvgIpc) is 3.04. The molecule has 0 radical (unpaired) electrons. The second-order valence-corrected chi connectivity index (χ2v) is 6.52. The Morgan fingerprint density at radius 2 is 2.09 bits per heavy atom. The molecule has 122 valence electrons. The van der Waals surface area contributed by atoms with Crippen LogP contribution in [-0.2, 0) is 11.3 Å². The molecule has 1 aromatic heterocycles. The summed E-state index contributed by atoms with van der Waals surface area (Å²) in [5.74, 6) is 1.01. The minimum Gasteiger partial charge on any atom is -0.497 e. The monoisotopic (exact) mass is 331 g/mol. The van der Waals surface area contributed by atoms with Crippen LogP contribution < -0.4 is 4.74 Å². The highest BCUT2D eigenvalue weighted by atomic mass is 32.1. The van der Waals surface area contributed by atoms with Gasteiger partial charge >= 0.3 is 0 Å². The van der Waals surface area contributed by atoms with Gasteiger partial charge in [-0.15, -0.1) is 11.3 Å². The molecule has 1 aliphatic heterocycles. The van der Waals surface area contributed by atoms with Gasteiger partial charge in [-0.05, 0) is 12.1 Å². The fraction of sp³-hybridized carbons (Fsp3) is 0.412. The molecule has 23 heavy (non-hydrogen) atoms. The van der Waals surface area contributed by atoms with Crippen LogP contribution in [0.1, 0.15) is 12.6 Å². The van der Waals surface area contributed by atoms with Crippen LogP contribution >= 0.6 is 11.3 Å². The lowest BCUT2D eigenvalue weighted by atomic mass is 10.2. The summed E-state index contributed by atoms with van der Waals surface area (Å²) in [7, 11) is 1.67. The molecule has 1 amide bonds. The standard InChI is InChI=1S/C17H21N3O2S/c1-13(21)20-8-6-19(7-9-20)11-15-12-23-17(18-15)14-4-3-5-16(10-14)22-2/h3-5,10,12H,6-9,11H2,1-2H3. The number of nitrogens with zero attached hydrogens (tertiary/aromatic N) is 3. The molecule has 2 heterocycles. The van der Waals surface area contributed by atoms with Crippen LogP contribution in [-0.4, -0.2) is 54.0 Å². The lowest BCUT2D eigenvalue weighted by Gasteiger charge is -2.33. The Balaban J connectivity index is 1.62. The third-order valence-electron chi connectivity index (χ3n) is 4.07. The predicted octanol–water partition coefficient (Wildman–Crippen LogP) is 2.48. The van der Waals surface area contributed by atoms with Gasteiger partial charge in [0.25, 0.3) is 0 Å². The molecule has 2 aromatic rings. The van der Waals surface area contributed by atoms with Crippen molar-refractivity contribution in [2.75, 3.05) is 33.3 Å². The van der Waals surface area contributed by atoms with E-state index in [4.69, 9.17) is 9.72 Å². The quantitative estimate of drug-likeness (QED) is 0.863. The van der Waals surface area contributed by atoms with Gasteiger partial charge in [-0.1, -0.05) is 12.1 Å². The van der Waals surface area contributed by atoms with Crippen LogP contribution in [0.2, 0.25) is 0 Å². The normalized spacial score (nSPS) is 15.7. The zero-order valence-electron chi connectivity index (χ0n) is 13.5. The summed E-state index contributed by atoms with van der Waals surface area (Å²) in [6.07, 6.45) is 0. The summed E-state index contributed by atoms with van der Waals surface area (Å²) in [6.45, 7) is 5.91. The van der Waals surface area contributed by atoms with Crippen LogP contribution in [0.4, 0.5) is 0 Å². The van der Waals surface area contributed by atoms with Gasteiger partial charge in [0.1, 0.15) is 10.8 Å². The first kappa shape index (κ1) is 16.0. The number of methoxy groups -OCH3 is 1. The van der Waals surface area contributed by atoms with Crippen molar-refractivity contribution >= 4 is 17.2 Å². The number of piperazine rings is 1. The molecule has 0 spiro atoms. The van der Waals surface area contributed by atoms with Crippen molar-refractivity contribution in [1.29, 1.82) is 0 Å². The minimum atomic E-state index is 0.165. The average molecular weight is 331 g/mol. The van der Waals surface area contributed by atoms with E-state index in [1.54, 1.807) is 25.4 Å². The summed E-state index contributed by atoms with van der Waals surface area (Å²) in [6, 6.07) is 7.98. The number of hydrogen-bond donors (Lipinski definition) is 0. The third kappa shape index (κ3) is 3.89. The molecule has 1 fully saturated rings. The molecule has 0 aliphatic carbocycles. The van der Waals surface area contributed by atoms with E-state index in [1.807, 2.05) is 23.1 Å². The fourth-order valence-electron chi connectivity index (χ4n) is 2.72. The van der Waals surface area contributed by atoms with E-state index in [0.29, 0.717) is 0 Å². The van der Waals surface area contributed by atoms with E-state index in [2.05, 4.69) is 16.3 Å². The highest BCUT2D eigenvalue weighted by Gasteiger charge is 2.19. The molecule has 0 unspecified atom stereocenters. The van der Waals surface area contributed by atoms with Gasteiger partial charge in [0, 0.05) is 50.6 Å². The number of amides is 1. The Bertz CT molecular complexity index is 678. The lowest BCUT2D eigenvalue weighted by Crippen LogP contribution is -2.47. The zero-order valence-corrected chi connectivity index (χ0v) is 14.3. The second-order valence-electron chi connectivity index (χ2n) is 5.66. The molecule has 0 N–H and O–H groups in total. The number of hydrogen-bond acceptors (Lipinski definition) is 5. The van der Waals surface area contributed by atoms with Crippen molar-refractivity contribution in [2.45, 2.75) is 13.5 Å². The van der Waals surface area contributed by atoms with E-state index in [1.165, 1.54) is 0 Å². The molecule has 1 aliphatic rings. The Hall–Kier alpha value is -1.92. The molecule has 1 saturated heterocycles. The van der Waals surface area contributed by atoms with Gasteiger partial charge < -0.3 is 9.64 Å². The number of ether oxygens (including phenoxy) is 1. The third-order valence-corrected chi connectivity index (χ3v) is 5.01. The zero-order chi connectivity index (χ0) is 16.2. The summed E-state index contributed by atoms with van der Waals surface area (Å²) >= 11 is 1.66. The largest absolute Gasteiger partial charge is 0.497 e. The van der Waals surface area contributed by atoms with Crippen molar-refractivity contribution in [3.63, 3.8) is 0 Å². The molecule has 3 rings (SSSR count). The number of carbonyl (C=O) groups excluding carboxylic acids is 1. The number of benzene rings is 1. The molecular formula is C17H21N3O2S. The maximum absolute atomic E-state index is 11.4. The minimum absolute atomic E-state index is 0.165. The van der Waals surface area contributed by atoms with E-state index in [9.17, 15) is 4.79 Å². The van der Waals surface area contributed by atoms with Crippen molar-refractivity contribution in [3.05, 3.63) is 35.3 Å². The van der Waals surface area contributed by atoms with Crippen LogP contribution in [0.15, 0.2) is 29.6 Å². The molecule has 1 aromatic carbocycles. The van der Waals surface area contributed by atoms with Gasteiger partial charge in [-0.3, -0.25) is 9.69 Å². The van der Waals surface area contributed by atoms with Gasteiger partial charge in [-0.2, -0.15) is 0 Å². The van der Waals surface area contributed by atoms with Crippen LogP contribution in [0.3, 0.4) is 0 Å². The van der Waals surface area contributed by atoms with E-state index in [-0.39, 0.29) is 5.91 Å². The Labute approximate surface area is 140 Å². The first-order chi connectivity index (χ1) is 11.2. The van der Waals surface area contributed by atoms with Crippen molar-refractivity contribution in [2.24, 2.45) is 0 Å². The van der Waals surface area contributed by atoms with Crippen molar-refractivity contribution in [3.8, 4) is 16.3 Å². The predicted molar refractivity (Wildman–Crippen MR) is 91.6 cm³/mol. The van der Waals surface area contributed by atoms with Gasteiger partial charge in [0.2, 0.25) is 5.91 Å². The highest BCUT2D eigenvalue weighted by Crippen LogP contribution is 2.27. The molecule has 0 atom stereocenters. The molecule has 0 saturated carbocycles. The van der Waals surface area contributed by atoms with Gasteiger partial charge in [0.05, 0.1) is 12.8 Å². The highest BCUT2D eigenvalue weighted by molar-refractivity contribution is 7.13. The van der Waals surface area contributed by atoms with Crippen molar-refractivity contribution in [1.82, 2.24) is 14.8 Å². The summed E-state index contributed by atoms with van der Waals surface area (Å²) in [4.78, 5) is 20.4. The molecule has 6 heteroatoms. The number of aromatic nitrogens is 1. The Kier molecular flexibility index (Phi) is 4.93. The smallest absolute Gasteiger partial charge is 0.219 e. The first-order valence-corrected chi connectivity index (χ1v) is 8.60. The van der Waals surface area contributed by atoms with Crippen molar-refractivity contribution < 1.29 is 9.53 Å². The molecular weight excluding hydrogens is 310 g/mol. The summed E-state index contributed by atoms with van der Waals surface area (Å²) in [5.41, 5.74) is 2.17. The summed E-state index contributed by atoms with van der Waals surface area (Å²) < 4.78 is 5.27.